The Hall–Kier alpha value is -2.16. The summed E-state index contributed by atoms with van der Waals surface area (Å²) in [5.41, 5.74) is 0.00207. The molecule has 0 saturated carbocycles. The summed E-state index contributed by atoms with van der Waals surface area (Å²) in [6.45, 7) is 1.64. The maximum Gasteiger partial charge on any atom is 0.344 e. The van der Waals surface area contributed by atoms with Gasteiger partial charge in [0.2, 0.25) is 0 Å². The van der Waals surface area contributed by atoms with Crippen LogP contribution in [0.4, 0.5) is 4.39 Å². The standard InChI is InChI=1S/C14H9FO2/c1-8-6-7-10-9-4-2-3-5-11(9)14(16)17-13(10)12(8)15/h2-7H,1H3. The Kier molecular flexibility index (Phi) is 2.01. The van der Waals surface area contributed by atoms with Crippen molar-refractivity contribution in [3.8, 4) is 0 Å². The van der Waals surface area contributed by atoms with Gasteiger partial charge in [-0.05, 0) is 18.6 Å². The van der Waals surface area contributed by atoms with E-state index in [-0.39, 0.29) is 5.58 Å². The molecule has 17 heavy (non-hydrogen) atoms. The molecular formula is C14H9FO2. The largest absolute Gasteiger partial charge is 0.419 e. The Balaban J connectivity index is 2.67. The smallest absolute Gasteiger partial charge is 0.344 e. The van der Waals surface area contributed by atoms with Gasteiger partial charge in [-0.3, -0.25) is 0 Å². The van der Waals surface area contributed by atoms with Crippen LogP contribution in [-0.4, -0.2) is 0 Å². The maximum absolute atomic E-state index is 13.9. The molecular weight excluding hydrogens is 219 g/mol. The van der Waals surface area contributed by atoms with Crippen LogP contribution in [0.25, 0.3) is 21.7 Å². The summed E-state index contributed by atoms with van der Waals surface area (Å²) in [5.74, 6) is -0.467. The van der Waals surface area contributed by atoms with Crippen LogP contribution in [0.15, 0.2) is 45.6 Å². The topological polar surface area (TPSA) is 30.2 Å². The van der Waals surface area contributed by atoms with Gasteiger partial charge < -0.3 is 4.42 Å². The van der Waals surface area contributed by atoms with Gasteiger partial charge in [-0.2, -0.15) is 0 Å². The molecule has 2 nitrogen and oxygen atoms in total. The van der Waals surface area contributed by atoms with Crippen LogP contribution in [0.3, 0.4) is 0 Å². The second kappa shape index (κ2) is 3.42. The third-order valence-electron chi connectivity index (χ3n) is 2.92. The van der Waals surface area contributed by atoms with E-state index < -0.39 is 11.4 Å². The van der Waals surface area contributed by atoms with E-state index in [2.05, 4.69) is 0 Å². The molecule has 0 fully saturated rings. The zero-order valence-corrected chi connectivity index (χ0v) is 9.16. The molecule has 2 aromatic carbocycles. The summed E-state index contributed by atoms with van der Waals surface area (Å²) >= 11 is 0. The van der Waals surface area contributed by atoms with Gasteiger partial charge in [-0.1, -0.05) is 30.3 Å². The lowest BCUT2D eigenvalue weighted by atomic mass is 10.1. The molecule has 0 N–H and O–H groups in total. The average Bonchev–Trinajstić information content (AvgIpc) is 2.35. The van der Waals surface area contributed by atoms with Gasteiger partial charge >= 0.3 is 5.63 Å². The van der Waals surface area contributed by atoms with Crippen molar-refractivity contribution in [3.63, 3.8) is 0 Å². The number of hydrogen-bond acceptors (Lipinski definition) is 2. The number of fused-ring (bicyclic) bond motifs is 3. The quantitative estimate of drug-likeness (QED) is 0.436. The highest BCUT2D eigenvalue weighted by Gasteiger charge is 2.11. The van der Waals surface area contributed by atoms with Crippen molar-refractivity contribution < 1.29 is 8.81 Å². The summed E-state index contributed by atoms with van der Waals surface area (Å²) in [5, 5.41) is 1.82. The summed E-state index contributed by atoms with van der Waals surface area (Å²) < 4.78 is 18.9. The summed E-state index contributed by atoms with van der Waals surface area (Å²) in [4.78, 5) is 11.7. The van der Waals surface area contributed by atoms with Crippen molar-refractivity contribution in [2.24, 2.45) is 0 Å². The van der Waals surface area contributed by atoms with Gasteiger partial charge in [-0.15, -0.1) is 0 Å². The predicted molar refractivity (Wildman–Crippen MR) is 64.7 cm³/mol. The fourth-order valence-electron chi connectivity index (χ4n) is 2.01. The van der Waals surface area contributed by atoms with Crippen LogP contribution >= 0.6 is 0 Å². The normalized spacial score (nSPS) is 11.2. The molecule has 1 heterocycles. The first-order valence-corrected chi connectivity index (χ1v) is 5.29. The molecule has 0 atom stereocenters. The molecule has 3 heteroatoms. The fraction of sp³-hybridized carbons (Fsp3) is 0.0714. The molecule has 0 aliphatic rings. The average molecular weight is 228 g/mol. The summed E-state index contributed by atoms with van der Waals surface area (Å²) in [6.07, 6.45) is 0. The van der Waals surface area contributed by atoms with Crippen LogP contribution in [0, 0.1) is 12.7 Å². The number of rotatable bonds is 0. The number of benzene rings is 2. The van der Waals surface area contributed by atoms with Crippen LogP contribution in [0.1, 0.15) is 5.56 Å². The highest BCUT2D eigenvalue weighted by Crippen LogP contribution is 2.25. The molecule has 0 bridgehead atoms. The van der Waals surface area contributed by atoms with Crippen molar-refractivity contribution in [1.82, 2.24) is 0 Å². The van der Waals surface area contributed by atoms with Gasteiger partial charge in [-0.25, -0.2) is 9.18 Å². The molecule has 0 aliphatic heterocycles. The summed E-state index contributed by atoms with van der Waals surface area (Å²) in [6, 6.07) is 10.5. The highest BCUT2D eigenvalue weighted by molar-refractivity contribution is 6.04. The van der Waals surface area contributed by atoms with Crippen LogP contribution in [0.2, 0.25) is 0 Å². The molecule has 1 aromatic heterocycles. The SMILES string of the molecule is Cc1ccc2c(oc(=O)c3ccccc32)c1F. The molecule has 84 valence electrons. The first kappa shape index (κ1) is 10.0. The first-order chi connectivity index (χ1) is 8.18. The molecule has 0 saturated heterocycles. The van der Waals surface area contributed by atoms with E-state index >= 15 is 0 Å². The fourth-order valence-corrected chi connectivity index (χ4v) is 2.01. The van der Waals surface area contributed by atoms with Gasteiger partial charge in [0.15, 0.2) is 11.4 Å². The van der Waals surface area contributed by atoms with Crippen LogP contribution in [-0.2, 0) is 0 Å². The lowest BCUT2D eigenvalue weighted by molar-refractivity contribution is 0.527. The van der Waals surface area contributed by atoms with Crippen molar-refractivity contribution in [3.05, 3.63) is 58.2 Å². The molecule has 0 amide bonds. The molecule has 0 radical (unpaired) electrons. The zero-order chi connectivity index (χ0) is 12.0. The van der Waals surface area contributed by atoms with E-state index in [1.807, 2.05) is 6.07 Å². The predicted octanol–water partition coefficient (Wildman–Crippen LogP) is 3.39. The molecule has 3 aromatic rings. The zero-order valence-electron chi connectivity index (χ0n) is 9.16. The van der Waals surface area contributed by atoms with E-state index in [1.165, 1.54) is 0 Å². The number of hydrogen-bond donors (Lipinski definition) is 0. The van der Waals surface area contributed by atoms with Crippen molar-refractivity contribution in [1.29, 1.82) is 0 Å². The molecule has 0 aliphatic carbocycles. The number of halogens is 1. The van der Waals surface area contributed by atoms with Crippen molar-refractivity contribution >= 4 is 21.7 Å². The monoisotopic (exact) mass is 228 g/mol. The third kappa shape index (κ3) is 1.35. The lowest BCUT2D eigenvalue weighted by Gasteiger charge is -2.04. The Labute approximate surface area is 96.3 Å². The lowest BCUT2D eigenvalue weighted by Crippen LogP contribution is -2.01. The summed E-state index contributed by atoms with van der Waals surface area (Å²) in [7, 11) is 0. The minimum atomic E-state index is -0.502. The highest BCUT2D eigenvalue weighted by atomic mass is 19.1. The van der Waals surface area contributed by atoms with Crippen molar-refractivity contribution in [2.45, 2.75) is 6.92 Å². The van der Waals surface area contributed by atoms with E-state index in [0.717, 1.165) is 5.39 Å². The minimum Gasteiger partial charge on any atom is -0.419 e. The van der Waals surface area contributed by atoms with Gasteiger partial charge in [0.25, 0.3) is 0 Å². The van der Waals surface area contributed by atoms with Crippen LogP contribution in [0.5, 0.6) is 0 Å². The van der Waals surface area contributed by atoms with E-state index in [9.17, 15) is 9.18 Å². The van der Waals surface area contributed by atoms with Gasteiger partial charge in [0.1, 0.15) is 0 Å². The van der Waals surface area contributed by atoms with Gasteiger partial charge in [0, 0.05) is 10.8 Å². The Morgan fingerprint density at radius 1 is 1.00 bits per heavy atom. The molecule has 0 spiro atoms. The second-order valence-electron chi connectivity index (χ2n) is 4.01. The maximum atomic E-state index is 13.9. The molecule has 3 rings (SSSR count). The third-order valence-corrected chi connectivity index (χ3v) is 2.92. The number of aryl methyl sites for hydroxylation is 1. The van der Waals surface area contributed by atoms with E-state index in [4.69, 9.17) is 4.42 Å². The Morgan fingerprint density at radius 2 is 1.71 bits per heavy atom. The van der Waals surface area contributed by atoms with E-state index in [0.29, 0.717) is 16.3 Å². The Morgan fingerprint density at radius 3 is 2.47 bits per heavy atom. The van der Waals surface area contributed by atoms with Crippen LogP contribution < -0.4 is 5.63 Å². The van der Waals surface area contributed by atoms with Crippen molar-refractivity contribution in [2.75, 3.05) is 0 Å². The van der Waals surface area contributed by atoms with E-state index in [1.54, 1.807) is 37.3 Å². The first-order valence-electron chi connectivity index (χ1n) is 5.29. The van der Waals surface area contributed by atoms with Gasteiger partial charge in [0.05, 0.1) is 5.39 Å². The minimum absolute atomic E-state index is 0.0358. The second-order valence-corrected chi connectivity index (χ2v) is 4.01. The Bertz CT molecular complexity index is 787. The molecule has 0 unspecified atom stereocenters.